The molecule has 0 aliphatic rings. The van der Waals surface area contributed by atoms with Gasteiger partial charge in [-0.05, 0) is 49.7 Å². The molecule has 0 spiro atoms. The number of hydrogen-bond donors (Lipinski definition) is 1. The van der Waals surface area contributed by atoms with Crippen LogP contribution < -0.4 is 4.74 Å². The Morgan fingerprint density at radius 2 is 2.11 bits per heavy atom. The molecular weight excluding hydrogens is 294 g/mol. The van der Waals surface area contributed by atoms with E-state index in [0.717, 1.165) is 10.0 Å². The fraction of sp³-hybridized carbons (Fsp3) is 0.214. The molecule has 2 rings (SSSR count). The minimum Gasteiger partial charge on any atom is -0.439 e. The van der Waals surface area contributed by atoms with Crippen molar-refractivity contribution in [1.29, 1.82) is 0 Å². The van der Waals surface area contributed by atoms with Gasteiger partial charge in [0.25, 0.3) is 0 Å². The second-order valence-corrected chi connectivity index (χ2v) is 4.94. The van der Waals surface area contributed by atoms with E-state index in [1.165, 1.54) is 0 Å². The Hall–Kier alpha value is -1.39. The Kier molecular flexibility index (Phi) is 3.99. The molecule has 0 unspecified atom stereocenters. The lowest BCUT2D eigenvalue weighted by molar-refractivity contribution is 0.194. The predicted octanol–water partition coefficient (Wildman–Crippen LogP) is 4.00. The van der Waals surface area contributed by atoms with E-state index >= 15 is 0 Å². The van der Waals surface area contributed by atoms with Gasteiger partial charge in [-0.15, -0.1) is 0 Å². The SMILES string of the molecule is Cc1cc(Oc2ncccc2[C@H](C)O)ccc1Br. The molecule has 1 atom stereocenters. The van der Waals surface area contributed by atoms with Crippen LogP contribution in [-0.2, 0) is 0 Å². The number of pyridine rings is 1. The second-order valence-electron chi connectivity index (χ2n) is 4.09. The van der Waals surface area contributed by atoms with Crippen LogP contribution in [0.1, 0.15) is 24.2 Å². The first-order valence-corrected chi connectivity index (χ1v) is 6.44. The lowest BCUT2D eigenvalue weighted by Crippen LogP contribution is -1.98. The van der Waals surface area contributed by atoms with Crippen molar-refractivity contribution in [1.82, 2.24) is 4.98 Å². The number of aliphatic hydroxyl groups excluding tert-OH is 1. The Morgan fingerprint density at radius 1 is 1.33 bits per heavy atom. The Labute approximate surface area is 115 Å². The minimum absolute atomic E-state index is 0.439. The summed E-state index contributed by atoms with van der Waals surface area (Å²) in [4.78, 5) is 4.15. The highest BCUT2D eigenvalue weighted by Crippen LogP contribution is 2.29. The molecule has 0 aliphatic carbocycles. The van der Waals surface area contributed by atoms with Crippen molar-refractivity contribution in [3.05, 3.63) is 52.1 Å². The zero-order chi connectivity index (χ0) is 13.1. The molecule has 0 bridgehead atoms. The van der Waals surface area contributed by atoms with Crippen LogP contribution >= 0.6 is 15.9 Å². The third-order valence-corrected chi connectivity index (χ3v) is 3.48. The summed E-state index contributed by atoms with van der Waals surface area (Å²) < 4.78 is 6.75. The molecule has 0 amide bonds. The first-order valence-electron chi connectivity index (χ1n) is 5.65. The van der Waals surface area contributed by atoms with Gasteiger partial charge in [-0.25, -0.2) is 4.98 Å². The van der Waals surface area contributed by atoms with E-state index in [1.807, 2.05) is 25.1 Å². The fourth-order valence-corrected chi connectivity index (χ4v) is 1.85. The number of aromatic nitrogens is 1. The number of benzene rings is 1. The van der Waals surface area contributed by atoms with Gasteiger partial charge >= 0.3 is 0 Å². The summed E-state index contributed by atoms with van der Waals surface area (Å²) in [6.45, 7) is 3.68. The molecule has 1 N–H and O–H groups in total. The van der Waals surface area contributed by atoms with Gasteiger partial charge in [0.15, 0.2) is 0 Å². The van der Waals surface area contributed by atoms with Gasteiger partial charge < -0.3 is 9.84 Å². The van der Waals surface area contributed by atoms with Crippen molar-refractivity contribution in [3.63, 3.8) is 0 Å². The zero-order valence-electron chi connectivity index (χ0n) is 10.2. The monoisotopic (exact) mass is 307 g/mol. The van der Waals surface area contributed by atoms with Crippen LogP contribution in [0.25, 0.3) is 0 Å². The third kappa shape index (κ3) is 2.89. The molecule has 4 heteroatoms. The maximum absolute atomic E-state index is 9.65. The molecule has 94 valence electrons. The van der Waals surface area contributed by atoms with Crippen LogP contribution in [0, 0.1) is 6.92 Å². The van der Waals surface area contributed by atoms with Crippen LogP contribution in [-0.4, -0.2) is 10.1 Å². The number of nitrogens with zero attached hydrogens (tertiary/aromatic N) is 1. The van der Waals surface area contributed by atoms with E-state index in [9.17, 15) is 5.11 Å². The number of aliphatic hydroxyl groups is 1. The van der Waals surface area contributed by atoms with Crippen LogP contribution in [0.4, 0.5) is 0 Å². The summed E-state index contributed by atoms with van der Waals surface area (Å²) in [5, 5.41) is 9.65. The van der Waals surface area contributed by atoms with Crippen molar-refractivity contribution in [2.24, 2.45) is 0 Å². The lowest BCUT2D eigenvalue weighted by atomic mass is 10.2. The first kappa shape index (κ1) is 13.1. The normalized spacial score (nSPS) is 12.2. The molecule has 0 saturated heterocycles. The topological polar surface area (TPSA) is 42.4 Å². The van der Waals surface area contributed by atoms with Gasteiger partial charge in [-0.1, -0.05) is 15.9 Å². The maximum Gasteiger partial charge on any atom is 0.225 e. The van der Waals surface area contributed by atoms with Crippen molar-refractivity contribution in [2.75, 3.05) is 0 Å². The molecule has 3 nitrogen and oxygen atoms in total. The van der Waals surface area contributed by atoms with E-state index in [1.54, 1.807) is 25.3 Å². The van der Waals surface area contributed by atoms with Crippen LogP contribution in [0.5, 0.6) is 11.6 Å². The molecule has 1 heterocycles. The van der Waals surface area contributed by atoms with E-state index in [2.05, 4.69) is 20.9 Å². The van der Waals surface area contributed by atoms with Crippen molar-refractivity contribution in [2.45, 2.75) is 20.0 Å². The highest BCUT2D eigenvalue weighted by molar-refractivity contribution is 9.10. The highest BCUT2D eigenvalue weighted by atomic mass is 79.9. The molecule has 0 fully saturated rings. The minimum atomic E-state index is -0.606. The van der Waals surface area contributed by atoms with Gasteiger partial charge in [0.05, 0.1) is 6.10 Å². The lowest BCUT2D eigenvalue weighted by Gasteiger charge is -2.12. The number of rotatable bonds is 3. The summed E-state index contributed by atoms with van der Waals surface area (Å²) >= 11 is 3.44. The molecular formula is C14H14BrNO2. The van der Waals surface area contributed by atoms with E-state index in [0.29, 0.717) is 17.2 Å². The highest BCUT2D eigenvalue weighted by Gasteiger charge is 2.11. The molecule has 0 radical (unpaired) electrons. The summed E-state index contributed by atoms with van der Waals surface area (Å²) in [5.41, 5.74) is 1.76. The molecule has 2 aromatic rings. The van der Waals surface area contributed by atoms with Crippen LogP contribution in [0.15, 0.2) is 41.0 Å². The van der Waals surface area contributed by atoms with Gasteiger partial charge in [-0.3, -0.25) is 0 Å². The third-order valence-electron chi connectivity index (χ3n) is 2.59. The van der Waals surface area contributed by atoms with Gasteiger partial charge in [0, 0.05) is 16.2 Å². The second kappa shape index (κ2) is 5.50. The smallest absolute Gasteiger partial charge is 0.225 e. The number of ether oxygens (including phenoxy) is 1. The Balaban J connectivity index is 2.31. The number of aryl methyl sites for hydroxylation is 1. The molecule has 1 aromatic carbocycles. The van der Waals surface area contributed by atoms with Crippen molar-refractivity contribution in [3.8, 4) is 11.6 Å². The summed E-state index contributed by atoms with van der Waals surface area (Å²) in [5.74, 6) is 1.14. The maximum atomic E-state index is 9.65. The van der Waals surface area contributed by atoms with E-state index in [4.69, 9.17) is 4.74 Å². The van der Waals surface area contributed by atoms with Gasteiger partial charge in [-0.2, -0.15) is 0 Å². The van der Waals surface area contributed by atoms with Crippen LogP contribution in [0.2, 0.25) is 0 Å². The quantitative estimate of drug-likeness (QED) is 0.932. The largest absolute Gasteiger partial charge is 0.439 e. The summed E-state index contributed by atoms with van der Waals surface area (Å²) in [7, 11) is 0. The fourth-order valence-electron chi connectivity index (χ4n) is 1.60. The molecule has 0 saturated carbocycles. The summed E-state index contributed by atoms with van der Waals surface area (Å²) in [6.07, 6.45) is 1.04. The van der Waals surface area contributed by atoms with Gasteiger partial charge in [0.1, 0.15) is 5.75 Å². The standard InChI is InChI=1S/C14H14BrNO2/c1-9-8-11(5-6-13(9)15)18-14-12(10(2)17)4-3-7-16-14/h3-8,10,17H,1-2H3/t10-/m0/s1. The number of halogens is 1. The Bertz CT molecular complexity index is 555. The number of hydrogen-bond acceptors (Lipinski definition) is 3. The Morgan fingerprint density at radius 3 is 2.78 bits per heavy atom. The van der Waals surface area contributed by atoms with Crippen LogP contribution in [0.3, 0.4) is 0 Å². The van der Waals surface area contributed by atoms with E-state index < -0.39 is 6.10 Å². The summed E-state index contributed by atoms with van der Waals surface area (Å²) in [6, 6.07) is 9.29. The van der Waals surface area contributed by atoms with E-state index in [-0.39, 0.29) is 0 Å². The average molecular weight is 308 g/mol. The van der Waals surface area contributed by atoms with Crippen molar-refractivity contribution >= 4 is 15.9 Å². The van der Waals surface area contributed by atoms with Gasteiger partial charge in [0.2, 0.25) is 5.88 Å². The molecule has 18 heavy (non-hydrogen) atoms. The molecule has 1 aromatic heterocycles. The predicted molar refractivity (Wildman–Crippen MR) is 73.8 cm³/mol. The average Bonchev–Trinajstić information content (AvgIpc) is 2.34. The van der Waals surface area contributed by atoms with Crippen molar-refractivity contribution < 1.29 is 9.84 Å². The molecule has 0 aliphatic heterocycles. The zero-order valence-corrected chi connectivity index (χ0v) is 11.8. The first-order chi connectivity index (χ1) is 8.58.